The Morgan fingerprint density at radius 1 is 1.45 bits per heavy atom. The largest absolute Gasteiger partial charge is 0.481 e. The number of nitrogens with zero attached hydrogens (tertiary/aromatic N) is 4. The second kappa shape index (κ2) is 6.88. The van der Waals surface area contributed by atoms with Crippen molar-refractivity contribution in [3.63, 3.8) is 0 Å². The number of hydrogen-bond acceptors (Lipinski definition) is 5. The fourth-order valence-corrected chi connectivity index (χ4v) is 1.97. The molecule has 22 heavy (non-hydrogen) atoms. The van der Waals surface area contributed by atoms with E-state index >= 15 is 0 Å². The molecule has 2 aromatic rings. The fraction of sp³-hybridized carbons (Fsp3) is 0.429. The molecule has 0 saturated heterocycles. The first kappa shape index (κ1) is 15.7. The van der Waals surface area contributed by atoms with Crippen molar-refractivity contribution >= 4 is 11.9 Å². The Balaban J connectivity index is 1.92. The Kier molecular flexibility index (Phi) is 4.92. The quantitative estimate of drug-likeness (QED) is 0.823. The first-order valence-electron chi connectivity index (χ1n) is 6.87. The standard InChI is InChI=1S/C14H18N4O4/c1-10-7-15-18(8-10)9-11-6-12(16-22-11)14(21)17(2)5-3-4-13(19)20/h6-8H,3-5,9H2,1-2H3,(H,19,20). The summed E-state index contributed by atoms with van der Waals surface area (Å²) in [5.41, 5.74) is 1.24. The van der Waals surface area contributed by atoms with Gasteiger partial charge in [-0.05, 0) is 18.9 Å². The number of carbonyl (C=O) groups excluding carboxylic acids is 1. The predicted octanol–water partition coefficient (Wildman–Crippen LogP) is 1.16. The number of rotatable bonds is 7. The summed E-state index contributed by atoms with van der Waals surface area (Å²) < 4.78 is 6.83. The minimum Gasteiger partial charge on any atom is -0.481 e. The molecule has 2 heterocycles. The van der Waals surface area contributed by atoms with E-state index in [1.54, 1.807) is 24.0 Å². The number of aryl methyl sites for hydroxylation is 1. The summed E-state index contributed by atoms with van der Waals surface area (Å²) >= 11 is 0. The number of carboxylic acids is 1. The predicted molar refractivity (Wildman–Crippen MR) is 76.4 cm³/mol. The smallest absolute Gasteiger partial charge is 0.303 e. The lowest BCUT2D eigenvalue weighted by Gasteiger charge is -2.14. The van der Waals surface area contributed by atoms with Crippen LogP contribution in [-0.4, -0.2) is 50.4 Å². The monoisotopic (exact) mass is 306 g/mol. The van der Waals surface area contributed by atoms with Gasteiger partial charge in [0.05, 0.1) is 6.20 Å². The molecule has 0 radical (unpaired) electrons. The summed E-state index contributed by atoms with van der Waals surface area (Å²) in [7, 11) is 1.61. The fourth-order valence-electron chi connectivity index (χ4n) is 1.97. The molecule has 0 aromatic carbocycles. The molecule has 0 fully saturated rings. The van der Waals surface area contributed by atoms with Gasteiger partial charge in [-0.25, -0.2) is 0 Å². The minimum absolute atomic E-state index is 0.0281. The molecule has 2 rings (SSSR count). The molecule has 0 aliphatic carbocycles. The van der Waals surface area contributed by atoms with Crippen molar-refractivity contribution in [1.82, 2.24) is 19.8 Å². The van der Waals surface area contributed by atoms with Gasteiger partial charge in [0, 0.05) is 32.3 Å². The summed E-state index contributed by atoms with van der Waals surface area (Å²) in [6.45, 7) is 2.69. The van der Waals surface area contributed by atoms with Gasteiger partial charge in [-0.2, -0.15) is 5.10 Å². The molecule has 0 aliphatic rings. The van der Waals surface area contributed by atoms with Crippen LogP contribution in [0.25, 0.3) is 0 Å². The van der Waals surface area contributed by atoms with Gasteiger partial charge in [0.2, 0.25) is 0 Å². The van der Waals surface area contributed by atoms with E-state index in [0.29, 0.717) is 25.3 Å². The number of hydrogen-bond donors (Lipinski definition) is 1. The second-order valence-electron chi connectivity index (χ2n) is 5.12. The maximum Gasteiger partial charge on any atom is 0.303 e. The topological polar surface area (TPSA) is 101 Å². The van der Waals surface area contributed by atoms with E-state index in [1.807, 2.05) is 13.1 Å². The SMILES string of the molecule is Cc1cnn(Cc2cc(C(=O)N(C)CCCC(=O)O)no2)c1. The summed E-state index contributed by atoms with van der Waals surface area (Å²) in [6, 6.07) is 1.58. The first-order chi connectivity index (χ1) is 10.5. The number of aromatic nitrogens is 3. The highest BCUT2D eigenvalue weighted by Gasteiger charge is 2.17. The van der Waals surface area contributed by atoms with Crippen LogP contribution in [-0.2, 0) is 11.3 Å². The van der Waals surface area contributed by atoms with Gasteiger partial charge in [0.1, 0.15) is 6.54 Å². The normalized spacial score (nSPS) is 10.6. The zero-order chi connectivity index (χ0) is 16.1. The minimum atomic E-state index is -0.876. The Labute approximate surface area is 127 Å². The number of carboxylic acid groups (broad SMARTS) is 1. The molecule has 8 heteroatoms. The number of amides is 1. The molecule has 0 bridgehead atoms. The Morgan fingerprint density at radius 2 is 2.23 bits per heavy atom. The van der Waals surface area contributed by atoms with Crippen LogP contribution in [0.1, 0.15) is 34.7 Å². The van der Waals surface area contributed by atoms with Crippen LogP contribution in [0.4, 0.5) is 0 Å². The lowest BCUT2D eigenvalue weighted by molar-refractivity contribution is -0.137. The van der Waals surface area contributed by atoms with Gasteiger partial charge < -0.3 is 14.5 Å². The molecule has 0 atom stereocenters. The number of carbonyl (C=O) groups is 2. The van der Waals surface area contributed by atoms with Crippen LogP contribution in [0.15, 0.2) is 23.0 Å². The highest BCUT2D eigenvalue weighted by atomic mass is 16.5. The lowest BCUT2D eigenvalue weighted by Crippen LogP contribution is -2.28. The average molecular weight is 306 g/mol. The summed E-state index contributed by atoms with van der Waals surface area (Å²) in [5.74, 6) is -0.637. The highest BCUT2D eigenvalue weighted by molar-refractivity contribution is 5.92. The summed E-state index contributed by atoms with van der Waals surface area (Å²) in [6.07, 6.45) is 4.02. The van der Waals surface area contributed by atoms with Crippen molar-refractivity contribution < 1.29 is 19.2 Å². The van der Waals surface area contributed by atoms with Crippen molar-refractivity contribution in [3.8, 4) is 0 Å². The molecular weight excluding hydrogens is 288 g/mol. The zero-order valence-corrected chi connectivity index (χ0v) is 12.5. The van der Waals surface area contributed by atoms with Crippen LogP contribution in [0.3, 0.4) is 0 Å². The molecular formula is C14H18N4O4. The van der Waals surface area contributed by atoms with Gasteiger partial charge in [-0.1, -0.05) is 5.16 Å². The van der Waals surface area contributed by atoms with Gasteiger partial charge in [-0.15, -0.1) is 0 Å². The van der Waals surface area contributed by atoms with Crippen LogP contribution in [0.2, 0.25) is 0 Å². The summed E-state index contributed by atoms with van der Waals surface area (Å²) in [4.78, 5) is 24.0. The molecule has 1 N–H and O–H groups in total. The Bertz CT molecular complexity index is 661. The van der Waals surface area contributed by atoms with Crippen molar-refractivity contribution in [3.05, 3.63) is 35.5 Å². The van der Waals surface area contributed by atoms with Crippen LogP contribution in [0.5, 0.6) is 0 Å². The molecule has 0 unspecified atom stereocenters. The third kappa shape index (κ3) is 4.18. The number of aliphatic carboxylic acids is 1. The molecule has 0 saturated carbocycles. The molecule has 0 aliphatic heterocycles. The molecule has 118 valence electrons. The van der Waals surface area contributed by atoms with E-state index in [9.17, 15) is 9.59 Å². The second-order valence-corrected chi connectivity index (χ2v) is 5.12. The van der Waals surface area contributed by atoms with Crippen LogP contribution >= 0.6 is 0 Å². The molecule has 1 amide bonds. The summed E-state index contributed by atoms with van der Waals surface area (Å²) in [5, 5.41) is 16.5. The van der Waals surface area contributed by atoms with E-state index in [-0.39, 0.29) is 18.0 Å². The average Bonchev–Trinajstić information content (AvgIpc) is 3.07. The third-order valence-corrected chi connectivity index (χ3v) is 3.09. The van der Waals surface area contributed by atoms with Gasteiger partial charge in [0.25, 0.3) is 5.91 Å². The van der Waals surface area contributed by atoms with E-state index in [4.69, 9.17) is 9.63 Å². The van der Waals surface area contributed by atoms with Gasteiger partial charge in [-0.3, -0.25) is 14.3 Å². The lowest BCUT2D eigenvalue weighted by atomic mass is 10.2. The van der Waals surface area contributed by atoms with E-state index in [2.05, 4.69) is 10.3 Å². The Hall–Kier alpha value is -2.64. The van der Waals surface area contributed by atoms with Crippen LogP contribution in [0, 0.1) is 6.92 Å². The van der Waals surface area contributed by atoms with Crippen LogP contribution < -0.4 is 0 Å². The molecule has 2 aromatic heterocycles. The van der Waals surface area contributed by atoms with Crippen molar-refractivity contribution in [2.45, 2.75) is 26.3 Å². The maximum atomic E-state index is 12.1. The third-order valence-electron chi connectivity index (χ3n) is 3.09. The van der Waals surface area contributed by atoms with Gasteiger partial charge in [0.15, 0.2) is 11.5 Å². The van der Waals surface area contributed by atoms with Crippen molar-refractivity contribution in [1.29, 1.82) is 0 Å². The van der Waals surface area contributed by atoms with E-state index < -0.39 is 5.97 Å². The molecule has 0 spiro atoms. The van der Waals surface area contributed by atoms with Crippen molar-refractivity contribution in [2.24, 2.45) is 0 Å². The Morgan fingerprint density at radius 3 is 2.86 bits per heavy atom. The zero-order valence-electron chi connectivity index (χ0n) is 12.5. The van der Waals surface area contributed by atoms with E-state index in [0.717, 1.165) is 5.56 Å². The van der Waals surface area contributed by atoms with Gasteiger partial charge >= 0.3 is 5.97 Å². The maximum absolute atomic E-state index is 12.1. The molecule has 8 nitrogen and oxygen atoms in total. The first-order valence-corrected chi connectivity index (χ1v) is 6.87. The van der Waals surface area contributed by atoms with Crippen molar-refractivity contribution in [2.75, 3.05) is 13.6 Å². The highest BCUT2D eigenvalue weighted by Crippen LogP contribution is 2.09. The van der Waals surface area contributed by atoms with E-state index in [1.165, 1.54) is 4.90 Å².